The van der Waals surface area contributed by atoms with Gasteiger partial charge < -0.3 is 24.8 Å². The molecule has 1 aromatic heterocycles. The van der Waals surface area contributed by atoms with Crippen LogP contribution < -0.4 is 14.8 Å². The largest absolute Gasteiger partial charge is 0.573 e. The van der Waals surface area contributed by atoms with Crippen molar-refractivity contribution in [2.45, 2.75) is 19.3 Å². The Balaban J connectivity index is 2.06. The zero-order valence-electron chi connectivity index (χ0n) is 19.0. The van der Waals surface area contributed by atoms with Gasteiger partial charge in [0.15, 0.2) is 11.5 Å². The fourth-order valence-corrected chi connectivity index (χ4v) is 3.36. The topological polar surface area (TPSA) is 106 Å². The first-order chi connectivity index (χ1) is 17.1. The molecule has 0 atom stereocenters. The molecule has 3 rings (SSSR count). The molecule has 192 valence electrons. The van der Waals surface area contributed by atoms with Gasteiger partial charge in [-0.15, -0.1) is 13.2 Å². The van der Waals surface area contributed by atoms with E-state index in [1.54, 1.807) is 24.3 Å². The van der Waals surface area contributed by atoms with Crippen molar-refractivity contribution in [2.75, 3.05) is 25.5 Å². The second-order valence-corrected chi connectivity index (χ2v) is 7.93. The van der Waals surface area contributed by atoms with Crippen LogP contribution in [0.2, 0.25) is 5.02 Å². The molecule has 0 aliphatic rings. The highest BCUT2D eigenvalue weighted by Gasteiger charge is 2.31. The number of aliphatic hydroxyl groups is 1. The molecule has 1 heterocycles. The van der Waals surface area contributed by atoms with Gasteiger partial charge in [-0.05, 0) is 36.2 Å². The number of hydrogen-bond donors (Lipinski definition) is 2. The first-order valence-corrected chi connectivity index (χ1v) is 10.9. The van der Waals surface area contributed by atoms with Gasteiger partial charge in [0.05, 0.1) is 6.54 Å². The van der Waals surface area contributed by atoms with Gasteiger partial charge in [0.2, 0.25) is 6.41 Å². The molecule has 9 nitrogen and oxygen atoms in total. The number of hydrogen-bond acceptors (Lipinski definition) is 6. The first-order valence-electron chi connectivity index (χ1n) is 10.6. The molecule has 2 aromatic carbocycles. The Bertz CT molecular complexity index is 1200. The lowest BCUT2D eigenvalue weighted by Gasteiger charge is -2.19. The second kappa shape index (κ2) is 11.8. The Hall–Kier alpha value is -3.77. The van der Waals surface area contributed by atoms with E-state index in [9.17, 15) is 22.8 Å². The number of anilines is 1. The SMILES string of the molecule is CN(CCCO)C(=O)c1c(NC=O)nc(Oc2cccc(OC(F)(F)F)c2)n1Cc1ccc(Cl)cc1. The van der Waals surface area contributed by atoms with E-state index in [0.717, 1.165) is 12.1 Å². The predicted octanol–water partition coefficient (Wildman–Crippen LogP) is 4.30. The van der Waals surface area contributed by atoms with E-state index in [2.05, 4.69) is 15.0 Å². The average Bonchev–Trinajstić information content (AvgIpc) is 3.14. The van der Waals surface area contributed by atoms with Crippen LogP contribution in [0, 0.1) is 0 Å². The Morgan fingerprint density at radius 1 is 1.22 bits per heavy atom. The summed E-state index contributed by atoms with van der Waals surface area (Å²) < 4.78 is 49.0. The van der Waals surface area contributed by atoms with Gasteiger partial charge >= 0.3 is 12.4 Å². The number of amides is 2. The lowest BCUT2D eigenvalue weighted by molar-refractivity contribution is -0.274. The van der Waals surface area contributed by atoms with Crippen LogP contribution in [0.25, 0.3) is 0 Å². The fraction of sp³-hybridized carbons (Fsp3) is 0.261. The highest BCUT2D eigenvalue weighted by atomic mass is 35.5. The number of aromatic nitrogens is 2. The number of alkyl halides is 3. The molecule has 0 saturated heterocycles. The minimum atomic E-state index is -4.90. The van der Waals surface area contributed by atoms with Gasteiger partial charge in [-0.2, -0.15) is 4.98 Å². The van der Waals surface area contributed by atoms with E-state index in [1.807, 2.05) is 0 Å². The third-order valence-corrected chi connectivity index (χ3v) is 5.08. The van der Waals surface area contributed by atoms with E-state index in [1.165, 1.54) is 28.6 Å². The van der Waals surface area contributed by atoms with Gasteiger partial charge in [0, 0.05) is 31.3 Å². The zero-order chi connectivity index (χ0) is 26.3. The van der Waals surface area contributed by atoms with E-state index < -0.39 is 18.0 Å². The highest BCUT2D eigenvalue weighted by molar-refractivity contribution is 6.30. The summed E-state index contributed by atoms with van der Waals surface area (Å²) in [5.74, 6) is -1.21. The normalized spacial score (nSPS) is 11.2. The molecule has 0 aliphatic carbocycles. The number of imidazole rings is 1. The summed E-state index contributed by atoms with van der Waals surface area (Å²) in [4.78, 5) is 30.1. The maximum Gasteiger partial charge on any atom is 0.573 e. The van der Waals surface area contributed by atoms with Crippen molar-refractivity contribution in [3.8, 4) is 17.5 Å². The number of benzene rings is 2. The third-order valence-electron chi connectivity index (χ3n) is 4.83. The number of ether oxygens (including phenoxy) is 2. The molecule has 0 radical (unpaired) electrons. The molecule has 0 bridgehead atoms. The van der Waals surface area contributed by atoms with Gasteiger partial charge in [-0.25, -0.2) is 0 Å². The second-order valence-electron chi connectivity index (χ2n) is 7.49. The monoisotopic (exact) mass is 526 g/mol. The summed E-state index contributed by atoms with van der Waals surface area (Å²) in [6, 6.07) is 11.3. The summed E-state index contributed by atoms with van der Waals surface area (Å²) in [6.45, 7) is 0.133. The molecule has 36 heavy (non-hydrogen) atoms. The predicted molar refractivity (Wildman–Crippen MR) is 124 cm³/mol. The Morgan fingerprint density at radius 3 is 2.56 bits per heavy atom. The van der Waals surface area contributed by atoms with E-state index in [-0.39, 0.29) is 43.0 Å². The Kier molecular flexibility index (Phi) is 8.78. The van der Waals surface area contributed by atoms with Crippen molar-refractivity contribution in [1.82, 2.24) is 14.5 Å². The number of halogens is 4. The van der Waals surface area contributed by atoms with Crippen LogP contribution in [0.5, 0.6) is 17.5 Å². The molecule has 0 saturated carbocycles. The maximum atomic E-state index is 13.3. The van der Waals surface area contributed by atoms with Crippen LogP contribution in [-0.4, -0.2) is 58.4 Å². The molecular weight excluding hydrogens is 505 g/mol. The van der Waals surface area contributed by atoms with Gasteiger partial charge in [-0.3, -0.25) is 14.2 Å². The molecular formula is C23H22ClF3N4O5. The summed E-state index contributed by atoms with van der Waals surface area (Å²) >= 11 is 5.97. The van der Waals surface area contributed by atoms with Crippen LogP contribution in [0.4, 0.5) is 19.0 Å². The van der Waals surface area contributed by atoms with Crippen LogP contribution in [0.1, 0.15) is 22.5 Å². The van der Waals surface area contributed by atoms with Crippen LogP contribution in [-0.2, 0) is 11.3 Å². The number of rotatable bonds is 11. The lowest BCUT2D eigenvalue weighted by Crippen LogP contribution is -2.31. The standard InChI is InChI=1S/C23H22ClF3N4O5/c1-30(10-3-11-32)21(34)19-20(28-14-33)29-22(31(19)13-15-6-8-16(24)9-7-15)35-17-4-2-5-18(12-17)36-23(25,26)27/h2,4-9,12,14,32H,3,10-11,13H2,1H3,(H,28,33). The molecule has 0 aliphatic heterocycles. The van der Waals surface area contributed by atoms with Crippen molar-refractivity contribution in [3.05, 3.63) is 64.8 Å². The summed E-state index contributed by atoms with van der Waals surface area (Å²) in [7, 11) is 1.51. The van der Waals surface area contributed by atoms with Crippen molar-refractivity contribution in [3.63, 3.8) is 0 Å². The first kappa shape index (κ1) is 26.8. The zero-order valence-corrected chi connectivity index (χ0v) is 19.7. The van der Waals surface area contributed by atoms with E-state index in [4.69, 9.17) is 21.4 Å². The van der Waals surface area contributed by atoms with Crippen molar-refractivity contribution in [2.24, 2.45) is 0 Å². The minimum absolute atomic E-state index is 0.0322. The smallest absolute Gasteiger partial charge is 0.425 e. The quantitative estimate of drug-likeness (QED) is 0.361. The van der Waals surface area contributed by atoms with Crippen molar-refractivity contribution < 1.29 is 37.3 Å². The molecule has 3 aromatic rings. The summed E-state index contributed by atoms with van der Waals surface area (Å²) in [5, 5.41) is 12.0. The van der Waals surface area contributed by atoms with Crippen LogP contribution in [0.15, 0.2) is 48.5 Å². The Morgan fingerprint density at radius 2 is 1.92 bits per heavy atom. The summed E-state index contributed by atoms with van der Waals surface area (Å²) in [6.07, 6.45) is -4.24. The molecule has 2 amide bonds. The van der Waals surface area contributed by atoms with Gasteiger partial charge in [0.25, 0.3) is 5.91 Å². The third kappa shape index (κ3) is 7.12. The molecule has 0 unspecified atom stereocenters. The van der Waals surface area contributed by atoms with Crippen LogP contribution >= 0.6 is 11.6 Å². The maximum absolute atomic E-state index is 13.3. The van der Waals surface area contributed by atoms with Crippen molar-refractivity contribution in [1.29, 1.82) is 0 Å². The number of carbonyl (C=O) groups excluding carboxylic acids is 2. The molecule has 13 heteroatoms. The number of carbonyl (C=O) groups is 2. The highest BCUT2D eigenvalue weighted by Crippen LogP contribution is 2.32. The van der Waals surface area contributed by atoms with Gasteiger partial charge in [0.1, 0.15) is 11.5 Å². The average molecular weight is 527 g/mol. The van der Waals surface area contributed by atoms with E-state index >= 15 is 0 Å². The number of nitrogens with one attached hydrogen (secondary N) is 1. The number of nitrogens with zero attached hydrogens (tertiary/aromatic N) is 3. The van der Waals surface area contributed by atoms with Crippen LogP contribution in [0.3, 0.4) is 0 Å². The Labute approximate surface area is 209 Å². The molecule has 0 spiro atoms. The van der Waals surface area contributed by atoms with Crippen molar-refractivity contribution >= 4 is 29.7 Å². The van der Waals surface area contributed by atoms with Gasteiger partial charge in [-0.1, -0.05) is 29.8 Å². The molecule has 0 fully saturated rings. The number of aliphatic hydroxyl groups excluding tert-OH is 1. The lowest BCUT2D eigenvalue weighted by atomic mass is 10.2. The minimum Gasteiger partial charge on any atom is -0.425 e. The fourth-order valence-electron chi connectivity index (χ4n) is 3.23. The summed E-state index contributed by atoms with van der Waals surface area (Å²) in [5.41, 5.74) is 0.663. The van der Waals surface area contributed by atoms with E-state index in [0.29, 0.717) is 23.4 Å². The molecule has 2 N–H and O–H groups in total.